The lowest BCUT2D eigenvalue weighted by molar-refractivity contribution is 0.0746. The number of nitrogens with zero attached hydrogens (tertiary/aromatic N) is 2. The van der Waals surface area contributed by atoms with E-state index in [-0.39, 0.29) is 11.8 Å². The summed E-state index contributed by atoms with van der Waals surface area (Å²) in [5.74, 6) is 1.07. The van der Waals surface area contributed by atoms with Gasteiger partial charge in [-0.25, -0.2) is 0 Å². The predicted octanol–water partition coefficient (Wildman–Crippen LogP) is 5.59. The van der Waals surface area contributed by atoms with E-state index in [1.807, 2.05) is 41.3 Å². The fraction of sp³-hybridized carbons (Fsp3) is 0.286. The van der Waals surface area contributed by atoms with E-state index in [4.69, 9.17) is 16.3 Å². The Morgan fingerprint density at radius 2 is 1.46 bits per heavy atom. The molecule has 0 aromatic heterocycles. The molecule has 3 aromatic rings. The molecule has 0 unspecified atom stereocenters. The monoisotopic (exact) mass is 491 g/mol. The molecular formula is C28H30ClN3O3. The number of nitrogens with one attached hydrogen (secondary N) is 1. The molecule has 0 bridgehead atoms. The summed E-state index contributed by atoms with van der Waals surface area (Å²) >= 11 is 5.92. The number of ether oxygens (including phenoxy) is 1. The van der Waals surface area contributed by atoms with Crippen LogP contribution in [0.2, 0.25) is 5.02 Å². The van der Waals surface area contributed by atoms with Crippen molar-refractivity contribution in [3.8, 4) is 5.75 Å². The summed E-state index contributed by atoms with van der Waals surface area (Å²) in [6, 6.07) is 22.0. The van der Waals surface area contributed by atoms with Crippen LogP contribution in [-0.4, -0.2) is 49.5 Å². The lowest BCUT2D eigenvalue weighted by atomic mass is 10.1. The Morgan fingerprint density at radius 3 is 2.06 bits per heavy atom. The van der Waals surface area contributed by atoms with Gasteiger partial charge in [0.1, 0.15) is 5.75 Å². The highest BCUT2D eigenvalue weighted by atomic mass is 35.5. The summed E-state index contributed by atoms with van der Waals surface area (Å²) in [6.45, 7) is 7.62. The first-order valence-corrected chi connectivity index (χ1v) is 12.2. The molecule has 1 heterocycles. The van der Waals surface area contributed by atoms with Gasteiger partial charge >= 0.3 is 0 Å². The first-order chi connectivity index (χ1) is 16.9. The number of halogens is 1. The Morgan fingerprint density at radius 1 is 0.857 bits per heavy atom. The van der Waals surface area contributed by atoms with Crippen LogP contribution in [0.1, 0.15) is 34.6 Å². The minimum atomic E-state index is -0.164. The normalized spacial score (nSPS) is 13.6. The van der Waals surface area contributed by atoms with Crippen molar-refractivity contribution in [2.45, 2.75) is 13.8 Å². The number of piperazine rings is 1. The van der Waals surface area contributed by atoms with Crippen molar-refractivity contribution in [3.05, 3.63) is 88.9 Å². The van der Waals surface area contributed by atoms with E-state index < -0.39 is 0 Å². The molecule has 2 amide bonds. The molecule has 0 aliphatic carbocycles. The van der Waals surface area contributed by atoms with Gasteiger partial charge in [0, 0.05) is 53.7 Å². The second kappa shape index (κ2) is 11.3. The summed E-state index contributed by atoms with van der Waals surface area (Å²) in [5, 5.41) is 3.56. The molecule has 0 saturated carbocycles. The second-order valence-electron chi connectivity index (χ2n) is 9.02. The Kier molecular flexibility index (Phi) is 7.93. The Balaban J connectivity index is 1.28. The zero-order chi connectivity index (χ0) is 24.8. The third kappa shape index (κ3) is 6.55. The van der Waals surface area contributed by atoms with Gasteiger partial charge in [-0.1, -0.05) is 25.4 Å². The first-order valence-electron chi connectivity index (χ1n) is 11.8. The minimum Gasteiger partial charge on any atom is -0.493 e. The number of carbonyl (C=O) groups is 2. The van der Waals surface area contributed by atoms with Crippen LogP contribution in [0.25, 0.3) is 0 Å². The quantitative estimate of drug-likeness (QED) is 0.468. The van der Waals surface area contributed by atoms with Gasteiger partial charge in [-0.15, -0.1) is 0 Å². The fourth-order valence-corrected chi connectivity index (χ4v) is 3.99. The molecular weight excluding hydrogens is 462 g/mol. The van der Waals surface area contributed by atoms with Gasteiger partial charge in [-0.2, -0.15) is 0 Å². The van der Waals surface area contributed by atoms with Crippen molar-refractivity contribution in [1.82, 2.24) is 4.90 Å². The third-order valence-electron chi connectivity index (χ3n) is 5.85. The summed E-state index contributed by atoms with van der Waals surface area (Å²) in [4.78, 5) is 29.4. The van der Waals surface area contributed by atoms with Crippen LogP contribution in [0.5, 0.6) is 5.75 Å². The van der Waals surface area contributed by atoms with Gasteiger partial charge in [0.2, 0.25) is 0 Å². The van der Waals surface area contributed by atoms with Crippen LogP contribution < -0.4 is 15.0 Å². The molecule has 0 radical (unpaired) electrons. The van der Waals surface area contributed by atoms with Crippen LogP contribution in [-0.2, 0) is 0 Å². The van der Waals surface area contributed by atoms with E-state index in [1.54, 1.807) is 36.4 Å². The maximum absolute atomic E-state index is 12.7. The molecule has 1 saturated heterocycles. The van der Waals surface area contributed by atoms with Crippen molar-refractivity contribution in [1.29, 1.82) is 0 Å². The fourth-order valence-electron chi connectivity index (χ4n) is 3.87. The Hall–Kier alpha value is -3.51. The van der Waals surface area contributed by atoms with E-state index in [9.17, 15) is 9.59 Å². The average molecular weight is 492 g/mol. The number of rotatable bonds is 7. The molecule has 4 rings (SSSR count). The summed E-state index contributed by atoms with van der Waals surface area (Å²) in [7, 11) is 0. The molecule has 1 aliphatic heterocycles. The highest BCUT2D eigenvalue weighted by Gasteiger charge is 2.22. The lowest BCUT2D eigenvalue weighted by Gasteiger charge is -2.36. The minimum absolute atomic E-state index is 0.0268. The lowest BCUT2D eigenvalue weighted by Crippen LogP contribution is -2.48. The number of hydrogen-bond acceptors (Lipinski definition) is 4. The number of benzene rings is 3. The molecule has 0 atom stereocenters. The van der Waals surface area contributed by atoms with Gasteiger partial charge < -0.3 is 19.9 Å². The summed E-state index contributed by atoms with van der Waals surface area (Å²) < 4.78 is 5.67. The van der Waals surface area contributed by atoms with Crippen LogP contribution in [0, 0.1) is 5.92 Å². The van der Waals surface area contributed by atoms with Crippen LogP contribution in [0.3, 0.4) is 0 Å². The van der Waals surface area contributed by atoms with E-state index in [0.717, 1.165) is 30.2 Å². The maximum atomic E-state index is 12.7. The highest BCUT2D eigenvalue weighted by molar-refractivity contribution is 6.30. The van der Waals surface area contributed by atoms with E-state index >= 15 is 0 Å². The smallest absolute Gasteiger partial charge is 0.255 e. The topological polar surface area (TPSA) is 61.9 Å². The zero-order valence-electron chi connectivity index (χ0n) is 20.0. The maximum Gasteiger partial charge on any atom is 0.255 e. The molecule has 1 aliphatic rings. The first kappa shape index (κ1) is 24.6. The largest absolute Gasteiger partial charge is 0.493 e. The molecule has 1 fully saturated rings. The molecule has 0 spiro atoms. The van der Waals surface area contributed by atoms with Crippen molar-refractivity contribution in [2.24, 2.45) is 5.92 Å². The Bertz CT molecular complexity index is 1140. The standard InChI is InChI=1S/C28H30ClN3O3/c1-20(2)19-35-26-13-5-21(6-14-26)27(33)30-24-9-11-25(12-10-24)31-15-17-32(18-16-31)28(34)22-3-7-23(29)8-4-22/h3-14,20H,15-19H2,1-2H3,(H,30,33). The molecule has 182 valence electrons. The van der Waals surface area contributed by atoms with Crippen LogP contribution >= 0.6 is 11.6 Å². The summed E-state index contributed by atoms with van der Waals surface area (Å²) in [5.41, 5.74) is 3.02. The number of carbonyl (C=O) groups excluding carboxylic acids is 2. The number of anilines is 2. The van der Waals surface area contributed by atoms with Crippen molar-refractivity contribution >= 4 is 34.8 Å². The van der Waals surface area contributed by atoms with E-state index in [0.29, 0.717) is 41.8 Å². The van der Waals surface area contributed by atoms with Crippen molar-refractivity contribution in [3.63, 3.8) is 0 Å². The zero-order valence-corrected chi connectivity index (χ0v) is 20.8. The average Bonchev–Trinajstić information content (AvgIpc) is 2.88. The predicted molar refractivity (Wildman–Crippen MR) is 141 cm³/mol. The van der Waals surface area contributed by atoms with Crippen LogP contribution in [0.4, 0.5) is 11.4 Å². The van der Waals surface area contributed by atoms with E-state index in [1.165, 1.54) is 0 Å². The molecule has 35 heavy (non-hydrogen) atoms. The Labute approximate surface area is 211 Å². The molecule has 1 N–H and O–H groups in total. The third-order valence-corrected chi connectivity index (χ3v) is 6.10. The molecule has 7 heteroatoms. The van der Waals surface area contributed by atoms with Gasteiger partial charge in [-0.05, 0) is 78.7 Å². The van der Waals surface area contributed by atoms with Crippen molar-refractivity contribution in [2.75, 3.05) is 43.0 Å². The van der Waals surface area contributed by atoms with Crippen molar-refractivity contribution < 1.29 is 14.3 Å². The van der Waals surface area contributed by atoms with Crippen LogP contribution in [0.15, 0.2) is 72.8 Å². The molecule has 6 nitrogen and oxygen atoms in total. The van der Waals surface area contributed by atoms with E-state index in [2.05, 4.69) is 24.1 Å². The summed E-state index contributed by atoms with van der Waals surface area (Å²) in [6.07, 6.45) is 0. The van der Waals surface area contributed by atoms with Gasteiger partial charge in [0.25, 0.3) is 11.8 Å². The number of amides is 2. The SMILES string of the molecule is CC(C)COc1ccc(C(=O)Nc2ccc(N3CCN(C(=O)c4ccc(Cl)cc4)CC3)cc2)cc1. The number of hydrogen-bond donors (Lipinski definition) is 1. The second-order valence-corrected chi connectivity index (χ2v) is 9.45. The molecule has 3 aromatic carbocycles. The highest BCUT2D eigenvalue weighted by Crippen LogP contribution is 2.22. The van der Waals surface area contributed by atoms with Gasteiger partial charge in [0.15, 0.2) is 0 Å². The van der Waals surface area contributed by atoms with Gasteiger partial charge in [-0.3, -0.25) is 9.59 Å². The van der Waals surface area contributed by atoms with Gasteiger partial charge in [0.05, 0.1) is 6.61 Å².